The average molecular weight is 388 g/mol. The van der Waals surface area contributed by atoms with E-state index in [1.807, 2.05) is 43.3 Å². The molecule has 0 fully saturated rings. The van der Waals surface area contributed by atoms with Crippen molar-refractivity contribution in [1.29, 1.82) is 0 Å². The lowest BCUT2D eigenvalue weighted by Crippen LogP contribution is -2.33. The van der Waals surface area contributed by atoms with E-state index in [1.54, 1.807) is 0 Å². The van der Waals surface area contributed by atoms with E-state index in [9.17, 15) is 5.11 Å². The number of hydrogen-bond donors (Lipinski definition) is 1. The molecule has 0 aliphatic carbocycles. The van der Waals surface area contributed by atoms with Crippen molar-refractivity contribution < 1.29 is 5.11 Å². The van der Waals surface area contributed by atoms with Crippen LogP contribution in [0.1, 0.15) is 58.4 Å². The molecule has 0 bridgehead atoms. The molecule has 1 atom stereocenters. The number of unbranched alkanes of at least 4 members (excludes halogenated alkanes) is 2. The molecule has 0 saturated heterocycles. The van der Waals surface area contributed by atoms with Crippen LogP contribution in [-0.4, -0.2) is 29.6 Å². The molecule has 0 aliphatic rings. The molecule has 0 saturated carbocycles. The van der Waals surface area contributed by atoms with Gasteiger partial charge in [0.2, 0.25) is 0 Å². The van der Waals surface area contributed by atoms with Crippen molar-refractivity contribution in [3.8, 4) is 11.1 Å². The lowest BCUT2D eigenvalue weighted by molar-refractivity contribution is 0.0355. The first-order chi connectivity index (χ1) is 13.0. The van der Waals surface area contributed by atoms with Crippen LogP contribution >= 0.6 is 11.6 Å². The normalized spacial score (nSPS) is 13.7. The number of hydrogen-bond acceptors (Lipinski definition) is 2. The van der Waals surface area contributed by atoms with Crippen LogP contribution in [0, 0.1) is 0 Å². The Morgan fingerprint density at radius 3 is 1.78 bits per heavy atom. The standard InChI is InChI=1S/C24H34ClNO/c1-4-6-17-26(18-7-5-2)19-16-24(3,27)22-12-8-20(9-13-22)21-10-14-23(25)15-11-21/h8-15,27H,4-7,16-19H2,1-3H3. The highest BCUT2D eigenvalue weighted by Crippen LogP contribution is 2.28. The van der Waals surface area contributed by atoms with Crippen LogP contribution in [0.3, 0.4) is 0 Å². The predicted octanol–water partition coefficient (Wildman–Crippen LogP) is 6.51. The molecule has 0 radical (unpaired) electrons. The molecular formula is C24H34ClNO. The van der Waals surface area contributed by atoms with Crippen molar-refractivity contribution in [2.75, 3.05) is 19.6 Å². The Balaban J connectivity index is 2.00. The van der Waals surface area contributed by atoms with Gasteiger partial charge in [-0.3, -0.25) is 0 Å². The molecule has 1 unspecified atom stereocenters. The molecular weight excluding hydrogens is 354 g/mol. The summed E-state index contributed by atoms with van der Waals surface area (Å²) in [6.07, 6.45) is 5.63. The summed E-state index contributed by atoms with van der Waals surface area (Å²) < 4.78 is 0. The Kier molecular flexibility index (Phi) is 8.82. The second-order valence-electron chi connectivity index (χ2n) is 7.66. The van der Waals surface area contributed by atoms with Gasteiger partial charge in [-0.2, -0.15) is 0 Å². The van der Waals surface area contributed by atoms with Crippen LogP contribution in [0.5, 0.6) is 0 Å². The van der Waals surface area contributed by atoms with Crippen LogP contribution in [0.2, 0.25) is 5.02 Å². The second kappa shape index (κ2) is 10.8. The van der Waals surface area contributed by atoms with Crippen molar-refractivity contribution in [1.82, 2.24) is 4.90 Å². The maximum atomic E-state index is 11.0. The number of aliphatic hydroxyl groups is 1. The highest BCUT2D eigenvalue weighted by molar-refractivity contribution is 6.30. The third kappa shape index (κ3) is 6.95. The predicted molar refractivity (Wildman–Crippen MR) is 117 cm³/mol. The van der Waals surface area contributed by atoms with Gasteiger partial charge >= 0.3 is 0 Å². The van der Waals surface area contributed by atoms with E-state index < -0.39 is 5.60 Å². The molecule has 0 aliphatic heterocycles. The van der Waals surface area contributed by atoms with Gasteiger partial charge in [-0.15, -0.1) is 0 Å². The van der Waals surface area contributed by atoms with Crippen LogP contribution in [-0.2, 0) is 5.60 Å². The Hall–Kier alpha value is -1.35. The summed E-state index contributed by atoms with van der Waals surface area (Å²) in [5, 5.41) is 11.8. The summed E-state index contributed by atoms with van der Waals surface area (Å²) in [6.45, 7) is 9.59. The first-order valence-corrected chi connectivity index (χ1v) is 10.6. The smallest absolute Gasteiger partial charge is 0.0880 e. The average Bonchev–Trinajstić information content (AvgIpc) is 2.68. The molecule has 148 valence electrons. The minimum Gasteiger partial charge on any atom is -0.385 e. The fourth-order valence-electron chi connectivity index (χ4n) is 3.28. The van der Waals surface area contributed by atoms with E-state index in [1.165, 1.54) is 25.7 Å². The third-order valence-electron chi connectivity index (χ3n) is 5.25. The van der Waals surface area contributed by atoms with Crippen molar-refractivity contribution in [3.05, 3.63) is 59.1 Å². The van der Waals surface area contributed by atoms with Crippen LogP contribution in [0.15, 0.2) is 48.5 Å². The summed E-state index contributed by atoms with van der Waals surface area (Å²) >= 11 is 5.97. The van der Waals surface area contributed by atoms with Gasteiger partial charge in [0, 0.05) is 11.6 Å². The summed E-state index contributed by atoms with van der Waals surface area (Å²) in [5.74, 6) is 0. The van der Waals surface area contributed by atoms with E-state index in [0.717, 1.165) is 47.8 Å². The molecule has 27 heavy (non-hydrogen) atoms. The molecule has 0 aromatic heterocycles. The quantitative estimate of drug-likeness (QED) is 0.475. The zero-order valence-corrected chi connectivity index (χ0v) is 17.8. The van der Waals surface area contributed by atoms with Gasteiger partial charge in [-0.1, -0.05) is 74.7 Å². The molecule has 2 nitrogen and oxygen atoms in total. The van der Waals surface area contributed by atoms with Gasteiger partial charge < -0.3 is 10.0 Å². The largest absolute Gasteiger partial charge is 0.385 e. The highest BCUT2D eigenvalue weighted by Gasteiger charge is 2.23. The van der Waals surface area contributed by atoms with Crippen molar-refractivity contribution in [2.45, 2.75) is 58.5 Å². The molecule has 2 aromatic rings. The SMILES string of the molecule is CCCCN(CCCC)CCC(C)(O)c1ccc(-c2ccc(Cl)cc2)cc1. The van der Waals surface area contributed by atoms with E-state index >= 15 is 0 Å². The Morgan fingerprint density at radius 1 is 0.815 bits per heavy atom. The summed E-state index contributed by atoms with van der Waals surface area (Å²) in [6, 6.07) is 16.1. The lowest BCUT2D eigenvalue weighted by atomic mass is 9.90. The second-order valence-corrected chi connectivity index (χ2v) is 8.09. The summed E-state index contributed by atoms with van der Waals surface area (Å²) in [4.78, 5) is 2.50. The number of nitrogens with zero attached hydrogens (tertiary/aromatic N) is 1. The zero-order valence-electron chi connectivity index (χ0n) is 17.0. The van der Waals surface area contributed by atoms with Crippen LogP contribution in [0.25, 0.3) is 11.1 Å². The summed E-state index contributed by atoms with van der Waals surface area (Å²) in [7, 11) is 0. The van der Waals surface area contributed by atoms with Crippen molar-refractivity contribution in [3.63, 3.8) is 0 Å². The number of rotatable bonds is 11. The van der Waals surface area contributed by atoms with E-state index in [4.69, 9.17) is 11.6 Å². The Bertz CT molecular complexity index is 656. The van der Waals surface area contributed by atoms with Crippen LogP contribution < -0.4 is 0 Å². The fourth-order valence-corrected chi connectivity index (χ4v) is 3.41. The van der Waals surface area contributed by atoms with Gasteiger partial charge in [0.1, 0.15) is 0 Å². The van der Waals surface area contributed by atoms with Crippen LogP contribution in [0.4, 0.5) is 0 Å². The van der Waals surface area contributed by atoms with E-state index in [2.05, 4.69) is 30.9 Å². The molecule has 1 N–H and O–H groups in total. The maximum absolute atomic E-state index is 11.0. The topological polar surface area (TPSA) is 23.5 Å². The van der Waals surface area contributed by atoms with Gasteiger partial charge in [0.05, 0.1) is 5.60 Å². The number of halogens is 1. The molecule has 3 heteroatoms. The monoisotopic (exact) mass is 387 g/mol. The molecule has 0 heterocycles. The Morgan fingerprint density at radius 2 is 1.30 bits per heavy atom. The minimum atomic E-state index is -0.810. The maximum Gasteiger partial charge on any atom is 0.0880 e. The molecule has 2 aromatic carbocycles. The zero-order chi connectivity index (χ0) is 19.7. The molecule has 2 rings (SSSR count). The van der Waals surface area contributed by atoms with Gasteiger partial charge in [0.25, 0.3) is 0 Å². The van der Waals surface area contributed by atoms with E-state index in [-0.39, 0.29) is 0 Å². The van der Waals surface area contributed by atoms with Crippen molar-refractivity contribution >= 4 is 11.6 Å². The summed E-state index contributed by atoms with van der Waals surface area (Å²) in [5.41, 5.74) is 2.44. The highest BCUT2D eigenvalue weighted by atomic mass is 35.5. The molecule has 0 amide bonds. The lowest BCUT2D eigenvalue weighted by Gasteiger charge is -2.29. The first-order valence-electron chi connectivity index (χ1n) is 10.3. The molecule has 0 spiro atoms. The minimum absolute atomic E-state index is 0.744. The Labute approximate surface area is 170 Å². The van der Waals surface area contributed by atoms with Gasteiger partial charge in [0.15, 0.2) is 0 Å². The van der Waals surface area contributed by atoms with E-state index in [0.29, 0.717) is 0 Å². The number of benzene rings is 2. The van der Waals surface area contributed by atoms with Gasteiger partial charge in [-0.05, 0) is 68.1 Å². The third-order valence-corrected chi connectivity index (χ3v) is 5.51. The van der Waals surface area contributed by atoms with Crippen molar-refractivity contribution in [2.24, 2.45) is 0 Å². The fraction of sp³-hybridized carbons (Fsp3) is 0.500. The van der Waals surface area contributed by atoms with Gasteiger partial charge in [-0.25, -0.2) is 0 Å². The first kappa shape index (κ1) is 21.9.